The number of nitrogens with zero attached hydrogens (tertiary/aromatic N) is 1. The van der Waals surface area contributed by atoms with E-state index in [1.807, 2.05) is 7.11 Å². The van der Waals surface area contributed by atoms with Gasteiger partial charge in [0.05, 0.1) is 13.2 Å². The number of ether oxygens (including phenoxy) is 2. The zero-order chi connectivity index (χ0) is 12.8. The predicted molar refractivity (Wildman–Crippen MR) is 72.8 cm³/mol. The lowest BCUT2D eigenvalue weighted by Gasteiger charge is -2.38. The number of hydrogen-bond acceptors (Lipinski definition) is 4. The summed E-state index contributed by atoms with van der Waals surface area (Å²) in [5, 5.41) is 3.45. The van der Waals surface area contributed by atoms with Crippen LogP contribution < -0.4 is 5.32 Å². The minimum Gasteiger partial charge on any atom is -0.384 e. The van der Waals surface area contributed by atoms with Gasteiger partial charge in [-0.25, -0.2) is 0 Å². The van der Waals surface area contributed by atoms with Crippen molar-refractivity contribution in [1.82, 2.24) is 10.2 Å². The standard InChI is InChI=1S/C14H28N2O2/c1-15-14-5-7-18-11-13(14)9-16-6-3-4-12(8-16)10-17-2/h12-15H,3-11H2,1-2H3. The average molecular weight is 256 g/mol. The molecule has 0 saturated carbocycles. The Kier molecular flexibility index (Phi) is 5.89. The smallest absolute Gasteiger partial charge is 0.0521 e. The fraction of sp³-hybridized carbons (Fsp3) is 1.00. The monoisotopic (exact) mass is 256 g/mol. The van der Waals surface area contributed by atoms with Crippen molar-refractivity contribution in [2.75, 3.05) is 53.6 Å². The Morgan fingerprint density at radius 1 is 1.39 bits per heavy atom. The predicted octanol–water partition coefficient (Wildman–Crippen LogP) is 0.969. The highest BCUT2D eigenvalue weighted by Gasteiger charge is 2.28. The van der Waals surface area contributed by atoms with Crippen LogP contribution in [-0.2, 0) is 9.47 Å². The van der Waals surface area contributed by atoms with Gasteiger partial charge in [0.15, 0.2) is 0 Å². The van der Waals surface area contributed by atoms with Gasteiger partial charge in [-0.15, -0.1) is 0 Å². The summed E-state index contributed by atoms with van der Waals surface area (Å²) in [6.07, 6.45) is 3.78. The number of methoxy groups -OCH3 is 1. The third-order valence-electron chi connectivity index (χ3n) is 4.34. The summed E-state index contributed by atoms with van der Waals surface area (Å²) in [4.78, 5) is 2.61. The number of piperidine rings is 1. The van der Waals surface area contributed by atoms with Crippen molar-refractivity contribution in [3.63, 3.8) is 0 Å². The van der Waals surface area contributed by atoms with Gasteiger partial charge in [-0.2, -0.15) is 0 Å². The Hall–Kier alpha value is -0.160. The highest BCUT2D eigenvalue weighted by molar-refractivity contribution is 4.83. The molecule has 0 bridgehead atoms. The van der Waals surface area contributed by atoms with Crippen LogP contribution in [0.4, 0.5) is 0 Å². The normalized spacial score (nSPS) is 34.7. The van der Waals surface area contributed by atoms with E-state index in [0.29, 0.717) is 12.0 Å². The Labute approximate surface area is 111 Å². The molecule has 4 heteroatoms. The first-order valence-electron chi connectivity index (χ1n) is 7.29. The first-order chi connectivity index (χ1) is 8.83. The minimum atomic E-state index is 0.626. The molecule has 2 aliphatic rings. The first-order valence-corrected chi connectivity index (χ1v) is 7.29. The Balaban J connectivity index is 1.80. The topological polar surface area (TPSA) is 33.7 Å². The second kappa shape index (κ2) is 7.43. The summed E-state index contributed by atoms with van der Waals surface area (Å²) in [5.41, 5.74) is 0. The van der Waals surface area contributed by atoms with Gasteiger partial charge in [0, 0.05) is 38.8 Å². The maximum absolute atomic E-state index is 5.64. The van der Waals surface area contributed by atoms with Crippen molar-refractivity contribution in [1.29, 1.82) is 0 Å². The van der Waals surface area contributed by atoms with Crippen LogP contribution in [0.1, 0.15) is 19.3 Å². The molecule has 0 radical (unpaired) electrons. The van der Waals surface area contributed by atoms with Crippen LogP contribution >= 0.6 is 0 Å². The fourth-order valence-electron chi connectivity index (χ4n) is 3.38. The van der Waals surface area contributed by atoms with Crippen LogP contribution in [0.3, 0.4) is 0 Å². The molecule has 0 aromatic carbocycles. The van der Waals surface area contributed by atoms with Crippen molar-refractivity contribution in [2.45, 2.75) is 25.3 Å². The largest absolute Gasteiger partial charge is 0.384 e. The summed E-state index contributed by atoms with van der Waals surface area (Å²) in [6.45, 7) is 6.35. The van der Waals surface area contributed by atoms with Gasteiger partial charge >= 0.3 is 0 Å². The Morgan fingerprint density at radius 3 is 3.06 bits per heavy atom. The minimum absolute atomic E-state index is 0.626. The van der Waals surface area contributed by atoms with Crippen LogP contribution in [0, 0.1) is 11.8 Å². The van der Waals surface area contributed by atoms with E-state index in [-0.39, 0.29) is 0 Å². The summed E-state index contributed by atoms with van der Waals surface area (Å²) < 4.78 is 10.9. The summed E-state index contributed by atoms with van der Waals surface area (Å²) in [6, 6.07) is 0.626. The average Bonchev–Trinajstić information content (AvgIpc) is 2.40. The second-order valence-corrected chi connectivity index (χ2v) is 5.74. The highest BCUT2D eigenvalue weighted by atomic mass is 16.5. The lowest BCUT2D eigenvalue weighted by atomic mass is 9.93. The van der Waals surface area contributed by atoms with Crippen molar-refractivity contribution < 1.29 is 9.47 Å². The van der Waals surface area contributed by atoms with Gasteiger partial charge in [0.1, 0.15) is 0 Å². The quantitative estimate of drug-likeness (QED) is 0.795. The van der Waals surface area contributed by atoms with Gasteiger partial charge in [0.2, 0.25) is 0 Å². The zero-order valence-corrected chi connectivity index (χ0v) is 11.9. The Morgan fingerprint density at radius 2 is 2.28 bits per heavy atom. The van der Waals surface area contributed by atoms with Crippen LogP contribution in [0.5, 0.6) is 0 Å². The summed E-state index contributed by atoms with van der Waals surface area (Å²) in [5.74, 6) is 1.37. The molecule has 2 saturated heterocycles. The lowest BCUT2D eigenvalue weighted by molar-refractivity contribution is 0.00747. The van der Waals surface area contributed by atoms with Gasteiger partial charge in [-0.3, -0.25) is 0 Å². The maximum atomic E-state index is 5.64. The molecule has 0 aromatic rings. The summed E-state index contributed by atoms with van der Waals surface area (Å²) in [7, 11) is 3.89. The van der Waals surface area contributed by atoms with E-state index < -0.39 is 0 Å². The molecule has 18 heavy (non-hydrogen) atoms. The Bertz CT molecular complexity index is 236. The maximum Gasteiger partial charge on any atom is 0.0521 e. The fourth-order valence-corrected chi connectivity index (χ4v) is 3.38. The van der Waals surface area contributed by atoms with Gasteiger partial charge in [-0.05, 0) is 38.8 Å². The molecule has 0 spiro atoms. The van der Waals surface area contributed by atoms with Gasteiger partial charge < -0.3 is 19.7 Å². The van der Waals surface area contributed by atoms with E-state index in [0.717, 1.165) is 32.2 Å². The highest BCUT2D eigenvalue weighted by Crippen LogP contribution is 2.21. The molecule has 0 amide bonds. The molecule has 0 aliphatic carbocycles. The van der Waals surface area contributed by atoms with Crippen molar-refractivity contribution in [3.05, 3.63) is 0 Å². The molecule has 3 atom stereocenters. The number of rotatable bonds is 5. The SMILES string of the molecule is CNC1CCOCC1CN1CCCC(COC)C1. The molecule has 2 fully saturated rings. The molecule has 3 unspecified atom stereocenters. The van der Waals surface area contributed by atoms with Gasteiger partial charge in [0.25, 0.3) is 0 Å². The number of nitrogens with one attached hydrogen (secondary N) is 1. The molecule has 106 valence electrons. The van der Waals surface area contributed by atoms with Crippen LogP contribution in [0.25, 0.3) is 0 Å². The molecule has 2 aliphatic heterocycles. The van der Waals surface area contributed by atoms with E-state index in [2.05, 4.69) is 17.3 Å². The third-order valence-corrected chi connectivity index (χ3v) is 4.34. The van der Waals surface area contributed by atoms with E-state index in [9.17, 15) is 0 Å². The first kappa shape index (κ1) is 14.3. The molecular weight excluding hydrogens is 228 g/mol. The van der Waals surface area contributed by atoms with E-state index in [1.54, 1.807) is 0 Å². The van der Waals surface area contributed by atoms with Crippen molar-refractivity contribution in [3.8, 4) is 0 Å². The van der Waals surface area contributed by atoms with Crippen LogP contribution in [0.2, 0.25) is 0 Å². The summed E-state index contributed by atoms with van der Waals surface area (Å²) >= 11 is 0. The molecule has 0 aromatic heterocycles. The second-order valence-electron chi connectivity index (χ2n) is 5.74. The van der Waals surface area contributed by atoms with Gasteiger partial charge in [-0.1, -0.05) is 0 Å². The molecule has 2 heterocycles. The number of hydrogen-bond donors (Lipinski definition) is 1. The van der Waals surface area contributed by atoms with E-state index >= 15 is 0 Å². The van der Waals surface area contributed by atoms with Crippen LogP contribution in [0.15, 0.2) is 0 Å². The van der Waals surface area contributed by atoms with E-state index in [1.165, 1.54) is 32.5 Å². The van der Waals surface area contributed by atoms with Crippen LogP contribution in [-0.4, -0.2) is 64.6 Å². The third kappa shape index (κ3) is 3.92. The molecular formula is C14H28N2O2. The lowest BCUT2D eigenvalue weighted by Crippen LogP contribution is -2.48. The van der Waals surface area contributed by atoms with Crippen molar-refractivity contribution in [2.24, 2.45) is 11.8 Å². The number of likely N-dealkylation sites (tertiary alicyclic amines) is 1. The molecule has 4 nitrogen and oxygen atoms in total. The zero-order valence-electron chi connectivity index (χ0n) is 11.9. The molecule has 2 rings (SSSR count). The molecule has 1 N–H and O–H groups in total. The van der Waals surface area contributed by atoms with E-state index in [4.69, 9.17) is 9.47 Å². The van der Waals surface area contributed by atoms with Crippen molar-refractivity contribution >= 4 is 0 Å².